The van der Waals surface area contributed by atoms with E-state index in [0.29, 0.717) is 16.8 Å². The number of hydrogen-bond donors (Lipinski definition) is 2. The number of para-hydroxylation sites is 1. The van der Waals surface area contributed by atoms with Crippen molar-refractivity contribution in [2.75, 3.05) is 5.32 Å². The zero-order valence-corrected chi connectivity index (χ0v) is 17.1. The molecule has 0 saturated heterocycles. The predicted octanol–water partition coefficient (Wildman–Crippen LogP) is 3.61. The van der Waals surface area contributed by atoms with E-state index in [1.807, 2.05) is 19.9 Å². The Kier molecular flexibility index (Phi) is 6.90. The van der Waals surface area contributed by atoms with Crippen LogP contribution < -0.4 is 15.5 Å². The van der Waals surface area contributed by atoms with E-state index in [1.165, 1.54) is 6.21 Å². The largest absolute Gasteiger partial charge is 0.422 e. The van der Waals surface area contributed by atoms with Gasteiger partial charge in [0.2, 0.25) is 0 Å². The van der Waals surface area contributed by atoms with Gasteiger partial charge in [0.15, 0.2) is 0 Å². The zero-order chi connectivity index (χ0) is 22.2. The van der Waals surface area contributed by atoms with Gasteiger partial charge in [-0.1, -0.05) is 36.4 Å². The third-order valence-corrected chi connectivity index (χ3v) is 4.47. The second kappa shape index (κ2) is 9.98. The number of rotatable bonds is 5. The fourth-order valence-electron chi connectivity index (χ4n) is 2.63. The molecule has 7 nitrogen and oxygen atoms in total. The SMILES string of the molecule is Cc1ccc(NC(=O)C(=O)N/N=C/c2ccccc2OC(=O)c2ccccc2)cc1C. The van der Waals surface area contributed by atoms with Crippen LogP contribution in [-0.4, -0.2) is 24.0 Å². The Morgan fingerprint density at radius 3 is 2.29 bits per heavy atom. The molecule has 0 aromatic heterocycles. The number of carbonyl (C=O) groups is 3. The molecule has 3 aromatic rings. The van der Waals surface area contributed by atoms with Crippen molar-refractivity contribution < 1.29 is 19.1 Å². The van der Waals surface area contributed by atoms with Crippen LogP contribution in [0.4, 0.5) is 5.69 Å². The smallest absolute Gasteiger partial charge is 0.343 e. The van der Waals surface area contributed by atoms with Crippen LogP contribution in [0.1, 0.15) is 27.0 Å². The van der Waals surface area contributed by atoms with E-state index < -0.39 is 17.8 Å². The Bertz CT molecular complexity index is 1140. The summed E-state index contributed by atoms with van der Waals surface area (Å²) in [5.41, 5.74) is 5.63. The molecule has 0 radical (unpaired) electrons. The summed E-state index contributed by atoms with van der Waals surface area (Å²) in [5, 5.41) is 6.32. The molecule has 7 heteroatoms. The quantitative estimate of drug-likeness (QED) is 0.219. The molecule has 3 aromatic carbocycles. The molecule has 3 rings (SSSR count). The minimum absolute atomic E-state index is 0.272. The lowest BCUT2D eigenvalue weighted by molar-refractivity contribution is -0.136. The van der Waals surface area contributed by atoms with Gasteiger partial charge in [0.25, 0.3) is 0 Å². The van der Waals surface area contributed by atoms with Crippen molar-refractivity contribution in [2.45, 2.75) is 13.8 Å². The van der Waals surface area contributed by atoms with Crippen molar-refractivity contribution >= 4 is 29.7 Å². The Balaban J connectivity index is 1.61. The van der Waals surface area contributed by atoms with E-state index in [0.717, 1.165) is 11.1 Å². The highest BCUT2D eigenvalue weighted by Crippen LogP contribution is 2.18. The maximum atomic E-state index is 12.3. The lowest BCUT2D eigenvalue weighted by Gasteiger charge is -2.08. The molecule has 0 bridgehead atoms. The summed E-state index contributed by atoms with van der Waals surface area (Å²) in [6, 6.07) is 20.6. The van der Waals surface area contributed by atoms with Gasteiger partial charge in [0.05, 0.1) is 11.8 Å². The average Bonchev–Trinajstić information content (AvgIpc) is 2.78. The molecule has 156 valence electrons. The van der Waals surface area contributed by atoms with Gasteiger partial charge in [-0.3, -0.25) is 9.59 Å². The first-order valence-electron chi connectivity index (χ1n) is 9.52. The van der Waals surface area contributed by atoms with Crippen LogP contribution in [0.25, 0.3) is 0 Å². The van der Waals surface area contributed by atoms with Crippen molar-refractivity contribution in [1.29, 1.82) is 0 Å². The molecule has 0 aliphatic heterocycles. The van der Waals surface area contributed by atoms with Crippen molar-refractivity contribution in [3.8, 4) is 5.75 Å². The Hall–Kier alpha value is -4.26. The van der Waals surface area contributed by atoms with Gasteiger partial charge < -0.3 is 10.1 Å². The monoisotopic (exact) mass is 415 g/mol. The van der Waals surface area contributed by atoms with Gasteiger partial charge >= 0.3 is 17.8 Å². The molecular formula is C24H21N3O4. The molecule has 0 spiro atoms. The van der Waals surface area contributed by atoms with Gasteiger partial charge in [-0.15, -0.1) is 0 Å². The highest BCUT2D eigenvalue weighted by Gasteiger charge is 2.14. The molecule has 0 aliphatic rings. The second-order valence-corrected chi connectivity index (χ2v) is 6.75. The summed E-state index contributed by atoms with van der Waals surface area (Å²) in [6.45, 7) is 3.87. The topological polar surface area (TPSA) is 96.9 Å². The molecule has 2 amide bonds. The van der Waals surface area contributed by atoms with Crippen LogP contribution in [0.3, 0.4) is 0 Å². The van der Waals surface area contributed by atoms with E-state index in [1.54, 1.807) is 66.7 Å². The lowest BCUT2D eigenvalue weighted by atomic mass is 10.1. The van der Waals surface area contributed by atoms with Gasteiger partial charge in [-0.05, 0) is 61.4 Å². The lowest BCUT2D eigenvalue weighted by Crippen LogP contribution is -2.32. The standard InChI is InChI=1S/C24H21N3O4/c1-16-12-13-20(14-17(16)2)26-22(28)23(29)27-25-15-19-10-6-7-11-21(19)31-24(30)18-8-4-3-5-9-18/h3-15H,1-2H3,(H,26,28)(H,27,29)/b25-15+. The van der Waals surface area contributed by atoms with Crippen LogP contribution in [0.2, 0.25) is 0 Å². The molecule has 0 atom stereocenters. The first-order valence-corrected chi connectivity index (χ1v) is 9.52. The number of benzene rings is 3. The van der Waals surface area contributed by atoms with E-state index in [4.69, 9.17) is 4.74 Å². The van der Waals surface area contributed by atoms with Crippen molar-refractivity contribution in [1.82, 2.24) is 5.43 Å². The Morgan fingerprint density at radius 1 is 0.839 bits per heavy atom. The number of hydrazone groups is 1. The Morgan fingerprint density at radius 2 is 1.55 bits per heavy atom. The summed E-state index contributed by atoms with van der Waals surface area (Å²) in [5.74, 6) is -2.01. The fraction of sp³-hybridized carbons (Fsp3) is 0.0833. The summed E-state index contributed by atoms with van der Waals surface area (Å²) in [4.78, 5) is 36.3. The maximum Gasteiger partial charge on any atom is 0.343 e. The summed E-state index contributed by atoms with van der Waals surface area (Å²) in [6.07, 6.45) is 1.30. The molecule has 0 unspecified atom stereocenters. The third kappa shape index (κ3) is 5.86. The minimum atomic E-state index is -0.923. The number of nitrogens with zero attached hydrogens (tertiary/aromatic N) is 1. The first-order chi connectivity index (χ1) is 14.9. The molecule has 2 N–H and O–H groups in total. The molecule has 0 aliphatic carbocycles. The van der Waals surface area contributed by atoms with Crippen molar-refractivity contribution in [2.24, 2.45) is 5.10 Å². The van der Waals surface area contributed by atoms with Gasteiger partial charge in [0.1, 0.15) is 5.75 Å². The normalized spacial score (nSPS) is 10.5. The zero-order valence-electron chi connectivity index (χ0n) is 17.1. The van der Waals surface area contributed by atoms with E-state index in [2.05, 4.69) is 15.8 Å². The third-order valence-electron chi connectivity index (χ3n) is 4.47. The number of esters is 1. The van der Waals surface area contributed by atoms with Crippen LogP contribution in [-0.2, 0) is 9.59 Å². The molecule has 31 heavy (non-hydrogen) atoms. The van der Waals surface area contributed by atoms with Crippen molar-refractivity contribution in [3.63, 3.8) is 0 Å². The van der Waals surface area contributed by atoms with Crippen molar-refractivity contribution in [3.05, 3.63) is 95.1 Å². The van der Waals surface area contributed by atoms with Gasteiger partial charge in [-0.25, -0.2) is 10.2 Å². The average molecular weight is 415 g/mol. The maximum absolute atomic E-state index is 12.3. The summed E-state index contributed by atoms with van der Waals surface area (Å²) < 4.78 is 5.41. The van der Waals surface area contributed by atoms with Gasteiger partial charge in [-0.2, -0.15) is 5.10 Å². The number of ether oxygens (including phenoxy) is 1. The summed E-state index contributed by atoms with van der Waals surface area (Å²) >= 11 is 0. The molecule has 0 saturated carbocycles. The molecular weight excluding hydrogens is 394 g/mol. The number of amides is 2. The highest BCUT2D eigenvalue weighted by atomic mass is 16.5. The first kappa shape index (κ1) is 21.4. The number of anilines is 1. The number of hydrogen-bond acceptors (Lipinski definition) is 5. The van der Waals surface area contributed by atoms with Gasteiger partial charge in [0, 0.05) is 11.3 Å². The minimum Gasteiger partial charge on any atom is -0.422 e. The van der Waals surface area contributed by atoms with Crippen LogP contribution in [0, 0.1) is 13.8 Å². The van der Waals surface area contributed by atoms with E-state index in [-0.39, 0.29) is 5.75 Å². The molecule has 0 heterocycles. The van der Waals surface area contributed by atoms with Crippen LogP contribution >= 0.6 is 0 Å². The van der Waals surface area contributed by atoms with Crippen LogP contribution in [0.15, 0.2) is 77.9 Å². The Labute approximate surface area is 179 Å². The number of nitrogens with one attached hydrogen (secondary N) is 2. The van der Waals surface area contributed by atoms with E-state index in [9.17, 15) is 14.4 Å². The number of carbonyl (C=O) groups excluding carboxylic acids is 3. The second-order valence-electron chi connectivity index (χ2n) is 6.75. The molecule has 0 fully saturated rings. The highest BCUT2D eigenvalue weighted by molar-refractivity contribution is 6.39. The fourth-order valence-corrected chi connectivity index (χ4v) is 2.63. The number of aryl methyl sites for hydroxylation is 2. The van der Waals surface area contributed by atoms with E-state index >= 15 is 0 Å². The predicted molar refractivity (Wildman–Crippen MR) is 118 cm³/mol. The summed E-state index contributed by atoms with van der Waals surface area (Å²) in [7, 11) is 0. The van der Waals surface area contributed by atoms with Crippen LogP contribution in [0.5, 0.6) is 5.75 Å².